The van der Waals surface area contributed by atoms with Crippen LogP contribution in [-0.4, -0.2) is 29.7 Å². The second-order valence-corrected chi connectivity index (χ2v) is 4.39. The van der Waals surface area contributed by atoms with Crippen LogP contribution in [0.2, 0.25) is 0 Å². The Morgan fingerprint density at radius 2 is 2.35 bits per heavy atom. The molecular weight excluding hydrogens is 220 g/mol. The molecule has 0 bridgehead atoms. The molecule has 0 aromatic heterocycles. The van der Waals surface area contributed by atoms with Gasteiger partial charge >= 0.3 is 0 Å². The third kappa shape index (κ3) is 2.74. The number of aliphatic hydroxyl groups excluding tert-OH is 1. The van der Waals surface area contributed by atoms with E-state index in [4.69, 9.17) is 5.11 Å². The molecule has 1 heterocycles. The topological polar surface area (TPSA) is 66.6 Å². The van der Waals surface area contributed by atoms with Crippen LogP contribution >= 0.6 is 0 Å². The van der Waals surface area contributed by atoms with Crippen LogP contribution in [0.15, 0.2) is 24.3 Å². The van der Waals surface area contributed by atoms with Crippen molar-refractivity contribution in [2.75, 3.05) is 24.6 Å². The summed E-state index contributed by atoms with van der Waals surface area (Å²) >= 11 is 0. The molecule has 17 heavy (non-hydrogen) atoms. The fraction of sp³-hybridized carbons (Fsp3) is 0.500. The van der Waals surface area contributed by atoms with E-state index in [1.807, 2.05) is 6.07 Å². The van der Waals surface area contributed by atoms with Crippen molar-refractivity contribution in [3.8, 4) is 0 Å². The Labute approximate surface area is 99.8 Å². The number of hydrogen-bond donors (Lipinski definition) is 1. The highest BCUT2D eigenvalue weighted by atomic mass is 16.6. The van der Waals surface area contributed by atoms with Gasteiger partial charge in [0.2, 0.25) is 0 Å². The minimum Gasteiger partial charge on any atom is -0.396 e. The number of anilines is 1. The van der Waals surface area contributed by atoms with E-state index in [1.165, 1.54) is 6.07 Å². The molecule has 2 rings (SSSR count). The van der Waals surface area contributed by atoms with Gasteiger partial charge in [-0.25, -0.2) is 0 Å². The van der Waals surface area contributed by atoms with Crippen LogP contribution < -0.4 is 4.90 Å². The Balaban J connectivity index is 2.08. The van der Waals surface area contributed by atoms with Crippen LogP contribution in [0.4, 0.5) is 11.4 Å². The molecule has 0 saturated carbocycles. The van der Waals surface area contributed by atoms with Gasteiger partial charge in [0.05, 0.1) is 4.92 Å². The molecule has 92 valence electrons. The van der Waals surface area contributed by atoms with E-state index in [1.54, 1.807) is 12.1 Å². The highest BCUT2D eigenvalue weighted by Crippen LogP contribution is 2.27. The van der Waals surface area contributed by atoms with E-state index in [0.29, 0.717) is 5.92 Å². The van der Waals surface area contributed by atoms with Crippen LogP contribution in [0.5, 0.6) is 0 Å². The summed E-state index contributed by atoms with van der Waals surface area (Å²) in [6.45, 7) is 2.00. The highest BCUT2D eigenvalue weighted by molar-refractivity contribution is 5.53. The van der Waals surface area contributed by atoms with Crippen molar-refractivity contribution in [3.63, 3.8) is 0 Å². The van der Waals surface area contributed by atoms with Crippen molar-refractivity contribution < 1.29 is 10.0 Å². The first-order valence-electron chi connectivity index (χ1n) is 5.81. The predicted octanol–water partition coefficient (Wildman–Crippen LogP) is 1.80. The van der Waals surface area contributed by atoms with Crippen LogP contribution in [0.1, 0.15) is 12.8 Å². The number of hydrogen-bond acceptors (Lipinski definition) is 4. The first-order chi connectivity index (χ1) is 8.20. The zero-order valence-electron chi connectivity index (χ0n) is 9.58. The van der Waals surface area contributed by atoms with Gasteiger partial charge in [-0.1, -0.05) is 6.07 Å². The summed E-state index contributed by atoms with van der Waals surface area (Å²) in [5.41, 5.74) is 1.03. The predicted molar refractivity (Wildman–Crippen MR) is 65.1 cm³/mol. The number of aliphatic hydroxyl groups is 1. The Kier molecular flexibility index (Phi) is 3.58. The summed E-state index contributed by atoms with van der Waals surface area (Å²) in [6, 6.07) is 6.73. The molecular formula is C12H16N2O3. The maximum Gasteiger partial charge on any atom is 0.271 e. The summed E-state index contributed by atoms with van der Waals surface area (Å²) < 4.78 is 0. The maximum absolute atomic E-state index is 10.7. The Morgan fingerprint density at radius 1 is 1.53 bits per heavy atom. The molecule has 5 heteroatoms. The minimum atomic E-state index is -0.370. The van der Waals surface area contributed by atoms with Gasteiger partial charge in [0.25, 0.3) is 5.69 Å². The fourth-order valence-corrected chi connectivity index (χ4v) is 2.29. The average molecular weight is 236 g/mol. The molecule has 1 aromatic rings. The third-order valence-electron chi connectivity index (χ3n) is 3.23. The lowest BCUT2D eigenvalue weighted by molar-refractivity contribution is -0.384. The smallest absolute Gasteiger partial charge is 0.271 e. The molecule has 1 atom stereocenters. The molecule has 0 aliphatic carbocycles. The Bertz CT molecular complexity index is 408. The summed E-state index contributed by atoms with van der Waals surface area (Å²) in [5, 5.41) is 19.6. The van der Waals surface area contributed by atoms with Crippen LogP contribution in [0.25, 0.3) is 0 Å². The molecule has 1 aromatic carbocycles. The summed E-state index contributed by atoms with van der Waals surface area (Å²) in [5.74, 6) is 0.499. The van der Waals surface area contributed by atoms with E-state index in [0.717, 1.165) is 31.6 Å². The summed E-state index contributed by atoms with van der Waals surface area (Å²) in [6.07, 6.45) is 1.86. The number of nitro groups is 1. The highest BCUT2D eigenvalue weighted by Gasteiger charge is 2.23. The molecule has 1 saturated heterocycles. The molecule has 0 radical (unpaired) electrons. The maximum atomic E-state index is 10.7. The quantitative estimate of drug-likeness (QED) is 0.639. The number of non-ortho nitro benzene ring substituents is 1. The number of rotatable bonds is 4. The zero-order valence-corrected chi connectivity index (χ0v) is 9.58. The van der Waals surface area contributed by atoms with Crippen molar-refractivity contribution in [3.05, 3.63) is 34.4 Å². The molecule has 1 aliphatic rings. The molecule has 5 nitrogen and oxygen atoms in total. The van der Waals surface area contributed by atoms with E-state index in [2.05, 4.69) is 4.90 Å². The first kappa shape index (κ1) is 11.9. The van der Waals surface area contributed by atoms with Crippen molar-refractivity contribution in [2.24, 2.45) is 5.92 Å². The molecule has 1 unspecified atom stereocenters. The lowest BCUT2D eigenvalue weighted by atomic mass is 10.1. The Hall–Kier alpha value is -1.62. The van der Waals surface area contributed by atoms with Crippen molar-refractivity contribution >= 4 is 11.4 Å². The van der Waals surface area contributed by atoms with Crippen LogP contribution in [0, 0.1) is 16.0 Å². The average Bonchev–Trinajstić information content (AvgIpc) is 2.78. The van der Waals surface area contributed by atoms with Gasteiger partial charge < -0.3 is 10.0 Å². The van der Waals surface area contributed by atoms with Gasteiger partial charge in [0.15, 0.2) is 0 Å². The second kappa shape index (κ2) is 5.14. The minimum absolute atomic E-state index is 0.133. The lowest BCUT2D eigenvalue weighted by Crippen LogP contribution is -2.19. The van der Waals surface area contributed by atoms with E-state index < -0.39 is 0 Å². The number of nitrogens with zero attached hydrogens (tertiary/aromatic N) is 2. The van der Waals surface area contributed by atoms with Gasteiger partial charge in [-0.05, 0) is 24.8 Å². The van der Waals surface area contributed by atoms with Gasteiger partial charge in [0, 0.05) is 37.5 Å². The van der Waals surface area contributed by atoms with E-state index in [9.17, 15) is 10.1 Å². The van der Waals surface area contributed by atoms with Crippen molar-refractivity contribution in [1.29, 1.82) is 0 Å². The summed E-state index contributed by atoms with van der Waals surface area (Å²) in [7, 11) is 0. The number of nitro benzene ring substituents is 1. The van der Waals surface area contributed by atoms with Gasteiger partial charge in [-0.15, -0.1) is 0 Å². The standard InChI is InChI=1S/C12H16N2O3/c15-7-5-10-4-6-13(9-10)11-2-1-3-12(8-11)14(16)17/h1-3,8,10,15H,4-7,9H2. The number of benzene rings is 1. The van der Waals surface area contributed by atoms with Gasteiger partial charge in [-0.2, -0.15) is 0 Å². The van der Waals surface area contributed by atoms with Gasteiger partial charge in [0.1, 0.15) is 0 Å². The second-order valence-electron chi connectivity index (χ2n) is 4.39. The lowest BCUT2D eigenvalue weighted by Gasteiger charge is -2.18. The van der Waals surface area contributed by atoms with Crippen LogP contribution in [0.3, 0.4) is 0 Å². The molecule has 0 amide bonds. The SMILES string of the molecule is O=[N+]([O-])c1cccc(N2CCC(CCO)C2)c1. The zero-order chi connectivity index (χ0) is 12.3. The van der Waals surface area contributed by atoms with Crippen molar-refractivity contribution in [2.45, 2.75) is 12.8 Å². The molecule has 1 fully saturated rings. The largest absolute Gasteiger partial charge is 0.396 e. The normalized spacial score (nSPS) is 19.6. The first-order valence-corrected chi connectivity index (χ1v) is 5.81. The monoisotopic (exact) mass is 236 g/mol. The Morgan fingerprint density at radius 3 is 3.06 bits per heavy atom. The van der Waals surface area contributed by atoms with Crippen LogP contribution in [-0.2, 0) is 0 Å². The van der Waals surface area contributed by atoms with Crippen molar-refractivity contribution in [1.82, 2.24) is 0 Å². The molecule has 1 N–H and O–H groups in total. The fourth-order valence-electron chi connectivity index (χ4n) is 2.29. The molecule has 0 spiro atoms. The van der Waals surface area contributed by atoms with E-state index >= 15 is 0 Å². The van der Waals surface area contributed by atoms with E-state index in [-0.39, 0.29) is 17.2 Å². The molecule has 1 aliphatic heterocycles. The van der Waals surface area contributed by atoms with Gasteiger partial charge in [-0.3, -0.25) is 10.1 Å². The summed E-state index contributed by atoms with van der Waals surface area (Å²) in [4.78, 5) is 12.5. The third-order valence-corrected chi connectivity index (χ3v) is 3.23.